The normalized spacial score (nSPS) is 12.4. The molecule has 1 nitrogen and oxygen atoms in total. The summed E-state index contributed by atoms with van der Waals surface area (Å²) in [6, 6.07) is 44.2. The molecule has 10 heteroatoms. The van der Waals surface area contributed by atoms with Crippen LogP contribution in [0, 0.1) is 32.1 Å². The minimum Gasteiger partial charge on any atom is -0.418 e. The molecule has 47 heavy (non-hydrogen) atoms. The molecule has 0 N–H and O–H groups in total. The largest absolute Gasteiger partial charge is 0.673 e. The van der Waals surface area contributed by atoms with Crippen LogP contribution in [0.25, 0.3) is 0 Å². The summed E-state index contributed by atoms with van der Waals surface area (Å²) in [6.07, 6.45) is 14.2. The number of rotatable bonds is 10. The van der Waals surface area contributed by atoms with Crippen LogP contribution in [-0.4, -0.2) is 39.1 Å². The zero-order valence-electron chi connectivity index (χ0n) is 26.9. The molecule has 5 radical (unpaired) electrons. The van der Waals surface area contributed by atoms with Crippen LogP contribution >= 0.6 is 15.8 Å². The Morgan fingerprint density at radius 3 is 1.04 bits per heavy atom. The Labute approximate surface area is 291 Å². The predicted octanol–water partition coefficient (Wildman–Crippen LogP) is 8.92. The summed E-state index contributed by atoms with van der Waals surface area (Å²) in [7, 11) is -7.99. The van der Waals surface area contributed by atoms with Gasteiger partial charge in [0.15, 0.2) is 0 Å². The van der Waals surface area contributed by atoms with Gasteiger partial charge in [-0.1, -0.05) is 121 Å². The first-order chi connectivity index (χ1) is 22.5. The second kappa shape index (κ2) is 23.3. The van der Waals surface area contributed by atoms with E-state index in [-0.39, 0.29) is 15.8 Å². The molecule has 4 aromatic carbocycles. The van der Waals surface area contributed by atoms with E-state index in [4.69, 9.17) is 4.43 Å². The fourth-order valence-corrected chi connectivity index (χ4v) is 10.1. The Morgan fingerprint density at radius 1 is 0.574 bits per heavy atom. The molecule has 1 saturated carbocycles. The summed E-state index contributed by atoms with van der Waals surface area (Å²) < 4.78 is 47.1. The molecule has 248 valence electrons. The Kier molecular flexibility index (Phi) is 20.3. The summed E-state index contributed by atoms with van der Waals surface area (Å²) in [6.45, 7) is 7.14. The van der Waals surface area contributed by atoms with Gasteiger partial charge < -0.3 is 17.3 Å². The average Bonchev–Trinajstić information content (AvgIpc) is 3.65. The summed E-state index contributed by atoms with van der Waals surface area (Å²) in [4.78, 5) is 0. The zero-order valence-corrected chi connectivity index (χ0v) is 30.8. The third-order valence-electron chi connectivity index (χ3n) is 6.05. The number of benzene rings is 4. The maximum Gasteiger partial charge on any atom is 0.673 e. The van der Waals surface area contributed by atoms with Gasteiger partial charge in [0.1, 0.15) is 0 Å². The fraction of sp³-hybridized carbons (Fsp3) is 0.162. The van der Waals surface area contributed by atoms with Crippen LogP contribution in [0.3, 0.4) is 0 Å². The van der Waals surface area contributed by atoms with Crippen molar-refractivity contribution in [3.05, 3.63) is 160 Å². The Morgan fingerprint density at radius 2 is 0.830 bits per heavy atom. The molecule has 0 atom stereocenters. The van der Waals surface area contributed by atoms with Crippen LogP contribution in [0.1, 0.15) is 0 Å². The van der Waals surface area contributed by atoms with E-state index in [9.17, 15) is 17.3 Å². The maximum absolute atomic E-state index is 9.75. The van der Waals surface area contributed by atoms with Gasteiger partial charge in [0.05, 0.1) is 0 Å². The molecule has 0 heterocycles. The van der Waals surface area contributed by atoms with Crippen molar-refractivity contribution >= 4 is 57.2 Å². The van der Waals surface area contributed by atoms with E-state index in [0.717, 1.165) is 0 Å². The minimum atomic E-state index is -6.00. The van der Waals surface area contributed by atoms with Crippen LogP contribution in [-0.2, 0) is 20.0 Å². The van der Waals surface area contributed by atoms with E-state index in [0.29, 0.717) is 6.61 Å². The van der Waals surface area contributed by atoms with Gasteiger partial charge in [-0.3, -0.25) is 0 Å². The van der Waals surface area contributed by atoms with Gasteiger partial charge in [0.25, 0.3) is 0 Å². The van der Waals surface area contributed by atoms with Crippen molar-refractivity contribution in [3.63, 3.8) is 0 Å². The van der Waals surface area contributed by atoms with Crippen molar-refractivity contribution in [1.29, 1.82) is 0 Å². The molecule has 1 aliphatic rings. The molecule has 4 aromatic rings. The van der Waals surface area contributed by atoms with Crippen molar-refractivity contribution in [1.82, 2.24) is 0 Å². The number of hydrogen-bond donors (Lipinski definition) is 0. The zero-order chi connectivity index (χ0) is 34.4. The van der Waals surface area contributed by atoms with Crippen LogP contribution in [0.2, 0.25) is 19.6 Å². The molecule has 1 fully saturated rings. The van der Waals surface area contributed by atoms with Crippen molar-refractivity contribution in [3.8, 4) is 0 Å². The Hall–Kier alpha value is -2.13. The molecule has 0 bridgehead atoms. The third-order valence-corrected chi connectivity index (χ3v) is 12.7. The summed E-state index contributed by atoms with van der Waals surface area (Å²) in [5.41, 5.74) is 0. The van der Waals surface area contributed by atoms with Gasteiger partial charge >= 0.3 is 72.5 Å². The summed E-state index contributed by atoms with van der Waals surface area (Å²) >= 11 is 3.44. The SMILES string of the molecule is C[Si](C)(C)OCC=[C]=[Fe+].F[B-](F)(F)F.[CH]1[CH][CH][CH][CH]1.c1ccc(P(CCP(c2ccccc2)c2ccccc2)c2ccccc2)cc1. The first kappa shape index (κ1) is 41.0. The summed E-state index contributed by atoms with van der Waals surface area (Å²) in [5, 5.41) is 5.89. The smallest absolute Gasteiger partial charge is 0.418 e. The maximum atomic E-state index is 9.75. The fourth-order valence-electron chi connectivity index (χ4n) is 4.09. The number of hydrogen-bond acceptors (Lipinski definition) is 1. The van der Waals surface area contributed by atoms with Gasteiger partial charge in [-0.25, -0.2) is 0 Å². The topological polar surface area (TPSA) is 9.23 Å². The molecule has 0 aliphatic heterocycles. The molecular formula is C37H41BF4FeOP2Si. The Balaban J connectivity index is 0.000000329. The second-order valence-electron chi connectivity index (χ2n) is 10.8. The molecule has 0 amide bonds. The van der Waals surface area contributed by atoms with E-state index in [1.165, 1.54) is 33.5 Å². The van der Waals surface area contributed by atoms with Crippen molar-refractivity contribution in [2.45, 2.75) is 19.6 Å². The molecule has 5 rings (SSSR count). The molecule has 0 aromatic heterocycles. The van der Waals surface area contributed by atoms with E-state index in [2.05, 4.69) is 161 Å². The molecule has 0 spiro atoms. The van der Waals surface area contributed by atoms with Gasteiger partial charge in [-0.15, -0.1) is 0 Å². The van der Waals surface area contributed by atoms with Crippen molar-refractivity contribution in [2.24, 2.45) is 0 Å². The average molecular weight is 734 g/mol. The second-order valence-corrected chi connectivity index (χ2v) is 20.3. The molecule has 0 unspecified atom stereocenters. The van der Waals surface area contributed by atoms with E-state index < -0.39 is 15.6 Å². The van der Waals surface area contributed by atoms with E-state index in [1.54, 1.807) is 6.08 Å². The standard InChI is InChI=1S/C26H24P2.C6H12OSi.C5H5.BF4.Fe/c1-5-13-23(14-6-1)27(24-15-7-2-8-16-24)21-22-28(25-17-9-3-10-18-25)26-19-11-4-12-20-26;1-5-6-7-8(2,3)4;1-2-4-5-3-1;2-1(3,4)5;/h1-20H,21-22H2;5H,6H2,2-4H3;1-5H;;/q;;;-1;+1. The molecule has 0 saturated heterocycles. The Bertz CT molecular complexity index is 1230. The third kappa shape index (κ3) is 20.1. The van der Waals surface area contributed by atoms with Gasteiger partial charge in [-0.05, 0) is 81.5 Å². The first-order valence-corrected chi connectivity index (χ1v) is 22.1. The van der Waals surface area contributed by atoms with Gasteiger partial charge in [-0.2, -0.15) is 0 Å². The van der Waals surface area contributed by atoms with Crippen LogP contribution in [0.4, 0.5) is 17.3 Å². The van der Waals surface area contributed by atoms with Crippen molar-refractivity contribution < 1.29 is 37.3 Å². The van der Waals surface area contributed by atoms with Crippen LogP contribution in [0.5, 0.6) is 0 Å². The van der Waals surface area contributed by atoms with Crippen molar-refractivity contribution in [2.75, 3.05) is 18.9 Å². The summed E-state index contributed by atoms with van der Waals surface area (Å²) in [5.74, 6) is 0. The van der Waals surface area contributed by atoms with Gasteiger partial charge in [0.2, 0.25) is 0 Å². The monoisotopic (exact) mass is 734 g/mol. The minimum absolute atomic E-state index is 0.348. The molecular weight excluding hydrogens is 693 g/mol. The van der Waals surface area contributed by atoms with Gasteiger partial charge in [0, 0.05) is 0 Å². The van der Waals surface area contributed by atoms with E-state index >= 15 is 0 Å². The van der Waals surface area contributed by atoms with E-state index in [1.807, 2.05) is 32.1 Å². The van der Waals surface area contributed by atoms with Crippen LogP contribution in [0.15, 0.2) is 127 Å². The molecule has 1 aliphatic carbocycles. The number of halogens is 4. The predicted molar refractivity (Wildman–Crippen MR) is 198 cm³/mol. The van der Waals surface area contributed by atoms with Crippen LogP contribution < -0.4 is 21.2 Å². The quantitative estimate of drug-likeness (QED) is 0.0899. The first-order valence-electron chi connectivity index (χ1n) is 15.1.